The van der Waals surface area contributed by atoms with Gasteiger partial charge in [-0.25, -0.2) is 0 Å². The van der Waals surface area contributed by atoms with E-state index in [-0.39, 0.29) is 15.0 Å². The fourth-order valence-corrected chi connectivity index (χ4v) is 1.97. The molecule has 0 radical (unpaired) electrons. The third-order valence-electron chi connectivity index (χ3n) is 1.87. The van der Waals surface area contributed by atoms with Crippen molar-refractivity contribution in [1.82, 2.24) is 5.32 Å². The van der Waals surface area contributed by atoms with Crippen LogP contribution in [0.2, 0.25) is 0 Å². The first-order valence-electron chi connectivity index (χ1n) is 4.51. The number of halogens is 4. The van der Waals surface area contributed by atoms with Crippen molar-refractivity contribution in [3.63, 3.8) is 0 Å². The zero-order valence-corrected chi connectivity index (χ0v) is 10.5. The highest BCUT2D eigenvalue weighted by Crippen LogP contribution is 2.33. The van der Waals surface area contributed by atoms with E-state index in [0.29, 0.717) is 6.54 Å². The monoisotopic (exact) mass is 343 g/mol. The van der Waals surface area contributed by atoms with E-state index in [4.69, 9.17) is 0 Å². The van der Waals surface area contributed by atoms with E-state index in [1.165, 1.54) is 12.1 Å². The third kappa shape index (κ3) is 3.10. The SMILES string of the molecule is CCNC(=O)c1ccc(C(F)(F)F)c(I)c1. The van der Waals surface area contributed by atoms with Crippen LogP contribution in [-0.4, -0.2) is 12.5 Å². The van der Waals surface area contributed by atoms with Gasteiger partial charge in [-0.3, -0.25) is 4.79 Å². The van der Waals surface area contributed by atoms with Crippen molar-refractivity contribution in [3.05, 3.63) is 32.9 Å². The molecule has 0 unspecified atom stereocenters. The second-order valence-corrected chi connectivity index (χ2v) is 4.21. The molecule has 0 fully saturated rings. The van der Waals surface area contributed by atoms with Crippen LogP contribution in [0, 0.1) is 3.57 Å². The van der Waals surface area contributed by atoms with Crippen LogP contribution in [-0.2, 0) is 6.18 Å². The number of amides is 1. The Kier molecular flexibility index (Phi) is 4.17. The van der Waals surface area contributed by atoms with Gasteiger partial charge >= 0.3 is 6.18 Å². The Balaban J connectivity index is 3.05. The molecule has 1 aromatic rings. The fraction of sp³-hybridized carbons (Fsp3) is 0.300. The largest absolute Gasteiger partial charge is 0.417 e. The van der Waals surface area contributed by atoms with E-state index in [1.807, 2.05) is 0 Å². The molecule has 0 aliphatic heterocycles. The lowest BCUT2D eigenvalue weighted by atomic mass is 10.1. The number of carbonyl (C=O) groups is 1. The van der Waals surface area contributed by atoms with E-state index < -0.39 is 11.7 Å². The number of nitrogens with one attached hydrogen (secondary N) is 1. The minimum absolute atomic E-state index is 0.0221. The minimum atomic E-state index is -4.38. The molecule has 1 N–H and O–H groups in total. The van der Waals surface area contributed by atoms with Gasteiger partial charge in [0.05, 0.1) is 5.56 Å². The molecule has 16 heavy (non-hydrogen) atoms. The quantitative estimate of drug-likeness (QED) is 0.822. The van der Waals surface area contributed by atoms with Gasteiger partial charge in [0.15, 0.2) is 0 Å². The topological polar surface area (TPSA) is 29.1 Å². The third-order valence-corrected chi connectivity index (χ3v) is 2.77. The summed E-state index contributed by atoms with van der Waals surface area (Å²) in [5, 5.41) is 2.52. The summed E-state index contributed by atoms with van der Waals surface area (Å²) in [5.41, 5.74) is -0.486. The smallest absolute Gasteiger partial charge is 0.352 e. The maximum Gasteiger partial charge on any atom is 0.417 e. The number of hydrogen-bond donors (Lipinski definition) is 1. The number of carbonyl (C=O) groups excluding carboxylic acids is 1. The molecule has 2 nitrogen and oxygen atoms in total. The zero-order valence-electron chi connectivity index (χ0n) is 8.36. The van der Waals surface area contributed by atoms with Crippen molar-refractivity contribution in [2.24, 2.45) is 0 Å². The lowest BCUT2D eigenvalue weighted by Gasteiger charge is -2.10. The molecule has 0 aliphatic carbocycles. The van der Waals surface area contributed by atoms with Gasteiger partial charge in [0.1, 0.15) is 0 Å². The summed E-state index contributed by atoms with van der Waals surface area (Å²) >= 11 is 1.57. The summed E-state index contributed by atoms with van der Waals surface area (Å²) in [4.78, 5) is 11.4. The van der Waals surface area contributed by atoms with Crippen LogP contribution >= 0.6 is 22.6 Å². The van der Waals surface area contributed by atoms with Crippen LogP contribution in [0.4, 0.5) is 13.2 Å². The standard InChI is InChI=1S/C10H9F3INO/c1-2-15-9(16)6-3-4-7(8(14)5-6)10(11,12)13/h3-5H,2H2,1H3,(H,15,16). The molecule has 0 bridgehead atoms. The second kappa shape index (κ2) is 5.03. The summed E-state index contributed by atoms with van der Waals surface area (Å²) in [6.07, 6.45) is -4.38. The van der Waals surface area contributed by atoms with Gasteiger partial charge < -0.3 is 5.32 Å². The van der Waals surface area contributed by atoms with Crippen LogP contribution < -0.4 is 5.32 Å². The molecule has 0 aromatic heterocycles. The Morgan fingerprint density at radius 1 is 1.44 bits per heavy atom. The minimum Gasteiger partial charge on any atom is -0.352 e. The number of benzene rings is 1. The van der Waals surface area contributed by atoms with Crippen LogP contribution in [0.3, 0.4) is 0 Å². The van der Waals surface area contributed by atoms with Crippen molar-refractivity contribution >= 4 is 28.5 Å². The first-order valence-corrected chi connectivity index (χ1v) is 5.59. The molecule has 0 saturated carbocycles. The van der Waals surface area contributed by atoms with Gasteiger partial charge in [-0.1, -0.05) is 0 Å². The summed E-state index contributed by atoms with van der Waals surface area (Å²) in [6.45, 7) is 2.18. The summed E-state index contributed by atoms with van der Waals surface area (Å²) in [5.74, 6) is -0.367. The van der Waals surface area contributed by atoms with Gasteiger partial charge in [-0.05, 0) is 47.7 Å². The zero-order chi connectivity index (χ0) is 12.3. The average molecular weight is 343 g/mol. The average Bonchev–Trinajstić information content (AvgIpc) is 2.16. The molecule has 0 saturated heterocycles. The Bertz CT molecular complexity index is 404. The summed E-state index contributed by atoms with van der Waals surface area (Å²) in [6, 6.07) is 3.33. The van der Waals surface area contributed by atoms with E-state index in [2.05, 4.69) is 5.32 Å². The Morgan fingerprint density at radius 3 is 2.50 bits per heavy atom. The molecular weight excluding hydrogens is 334 g/mol. The predicted octanol–water partition coefficient (Wildman–Crippen LogP) is 3.06. The fourth-order valence-electron chi connectivity index (χ4n) is 1.15. The molecule has 0 aliphatic rings. The van der Waals surface area contributed by atoms with Crippen molar-refractivity contribution in [3.8, 4) is 0 Å². The molecule has 0 heterocycles. The number of hydrogen-bond acceptors (Lipinski definition) is 1. The van der Waals surface area contributed by atoms with Gasteiger partial charge in [0.2, 0.25) is 0 Å². The highest BCUT2D eigenvalue weighted by Gasteiger charge is 2.32. The summed E-state index contributed by atoms with van der Waals surface area (Å²) in [7, 11) is 0. The molecule has 0 atom stereocenters. The Labute approximate surface area is 104 Å². The Hall–Kier alpha value is -0.790. The molecule has 1 amide bonds. The van der Waals surface area contributed by atoms with Crippen LogP contribution in [0.5, 0.6) is 0 Å². The van der Waals surface area contributed by atoms with Crippen molar-refractivity contribution in [2.45, 2.75) is 13.1 Å². The van der Waals surface area contributed by atoms with E-state index >= 15 is 0 Å². The molecule has 0 spiro atoms. The molecule has 88 valence electrons. The van der Waals surface area contributed by atoms with Crippen LogP contribution in [0.25, 0.3) is 0 Å². The van der Waals surface area contributed by atoms with Crippen molar-refractivity contribution in [2.75, 3.05) is 6.54 Å². The molecule has 1 aromatic carbocycles. The summed E-state index contributed by atoms with van der Waals surface area (Å²) < 4.78 is 37.3. The van der Waals surface area contributed by atoms with Gasteiger partial charge in [0.25, 0.3) is 5.91 Å². The number of alkyl halides is 3. The number of rotatable bonds is 2. The van der Waals surface area contributed by atoms with Gasteiger partial charge in [-0.15, -0.1) is 0 Å². The second-order valence-electron chi connectivity index (χ2n) is 3.05. The molecular formula is C10H9F3INO. The van der Waals surface area contributed by atoms with Crippen molar-refractivity contribution in [1.29, 1.82) is 0 Å². The first kappa shape index (κ1) is 13.3. The highest BCUT2D eigenvalue weighted by molar-refractivity contribution is 14.1. The van der Waals surface area contributed by atoms with Gasteiger partial charge in [-0.2, -0.15) is 13.2 Å². The highest BCUT2D eigenvalue weighted by atomic mass is 127. The molecule has 1 rings (SSSR count). The maximum atomic E-state index is 12.4. The van der Waals surface area contributed by atoms with E-state index in [0.717, 1.165) is 6.07 Å². The maximum absolute atomic E-state index is 12.4. The lowest BCUT2D eigenvalue weighted by Crippen LogP contribution is -2.23. The van der Waals surface area contributed by atoms with Crippen LogP contribution in [0.15, 0.2) is 18.2 Å². The lowest BCUT2D eigenvalue weighted by molar-refractivity contribution is -0.138. The van der Waals surface area contributed by atoms with E-state index in [1.54, 1.807) is 29.5 Å². The normalized spacial score (nSPS) is 11.3. The van der Waals surface area contributed by atoms with Crippen molar-refractivity contribution < 1.29 is 18.0 Å². The first-order chi connectivity index (χ1) is 7.36. The predicted molar refractivity (Wildman–Crippen MR) is 62.2 cm³/mol. The van der Waals surface area contributed by atoms with Gasteiger partial charge in [0, 0.05) is 15.7 Å². The van der Waals surface area contributed by atoms with E-state index in [9.17, 15) is 18.0 Å². The Morgan fingerprint density at radius 2 is 2.06 bits per heavy atom. The molecule has 6 heteroatoms. The van der Waals surface area contributed by atoms with Crippen LogP contribution in [0.1, 0.15) is 22.8 Å².